The van der Waals surface area contributed by atoms with Gasteiger partial charge >= 0.3 is 0 Å². The number of rotatable bonds is 8. The third-order valence-corrected chi connectivity index (χ3v) is 7.40. The summed E-state index contributed by atoms with van der Waals surface area (Å²) in [5, 5.41) is 14.3. The molecule has 8 heteroatoms. The SMILES string of the molecule is C[C@@H](C(=S)Cc1ccccc1[N+](=O)[O-])[C@H]1NC(=O)[C@@H]1[C@@](C)(O[Si](C)C)C(C)(C)C. The number of hydrogen-bond donors (Lipinski definition) is 1. The van der Waals surface area contributed by atoms with Crippen molar-refractivity contribution in [2.75, 3.05) is 0 Å². The highest BCUT2D eigenvalue weighted by Crippen LogP contribution is 2.46. The number of carbonyl (C=O) groups is 1. The van der Waals surface area contributed by atoms with E-state index in [9.17, 15) is 14.9 Å². The Morgan fingerprint density at radius 3 is 2.38 bits per heavy atom. The lowest BCUT2D eigenvalue weighted by molar-refractivity contribution is -0.385. The molecule has 159 valence electrons. The molecule has 0 saturated carbocycles. The first-order valence-corrected chi connectivity index (χ1v) is 12.7. The number of nitrogens with one attached hydrogen (secondary N) is 1. The van der Waals surface area contributed by atoms with Crippen molar-refractivity contribution in [3.05, 3.63) is 39.9 Å². The van der Waals surface area contributed by atoms with E-state index in [4.69, 9.17) is 16.6 Å². The van der Waals surface area contributed by atoms with Crippen molar-refractivity contribution in [2.45, 2.75) is 65.8 Å². The normalized spacial score (nSPS) is 22.4. The van der Waals surface area contributed by atoms with E-state index in [0.29, 0.717) is 16.8 Å². The van der Waals surface area contributed by atoms with Gasteiger partial charge in [-0.3, -0.25) is 14.9 Å². The van der Waals surface area contributed by atoms with Gasteiger partial charge in [-0.25, -0.2) is 0 Å². The number of benzene rings is 1. The largest absolute Gasteiger partial charge is 0.411 e. The third-order valence-electron chi connectivity index (χ3n) is 6.05. The second-order valence-electron chi connectivity index (χ2n) is 9.20. The predicted molar refractivity (Wildman–Crippen MR) is 120 cm³/mol. The van der Waals surface area contributed by atoms with Crippen LogP contribution in [0.5, 0.6) is 0 Å². The molecule has 6 nitrogen and oxygen atoms in total. The Morgan fingerprint density at radius 1 is 1.31 bits per heavy atom. The molecule has 1 aromatic rings. The zero-order chi connectivity index (χ0) is 22.1. The zero-order valence-corrected chi connectivity index (χ0v) is 20.1. The summed E-state index contributed by atoms with van der Waals surface area (Å²) in [5.41, 5.74) is -0.197. The second-order valence-corrected chi connectivity index (χ2v) is 11.7. The van der Waals surface area contributed by atoms with Crippen LogP contribution in [0.25, 0.3) is 0 Å². The number of β-lactam (4-membered cyclic amide) rings is 1. The number of nitro groups is 1. The van der Waals surface area contributed by atoms with Crippen molar-refractivity contribution in [3.63, 3.8) is 0 Å². The smallest absolute Gasteiger partial charge is 0.272 e. The maximum absolute atomic E-state index is 12.6. The monoisotopic (exact) mass is 435 g/mol. The molecule has 1 saturated heterocycles. The highest BCUT2D eigenvalue weighted by Gasteiger charge is 2.58. The lowest BCUT2D eigenvalue weighted by Crippen LogP contribution is -2.72. The van der Waals surface area contributed by atoms with Crippen LogP contribution in [0.4, 0.5) is 5.69 Å². The molecule has 1 amide bonds. The molecule has 1 N–H and O–H groups in total. The maximum Gasteiger partial charge on any atom is 0.272 e. The van der Waals surface area contributed by atoms with E-state index < -0.39 is 14.6 Å². The lowest BCUT2D eigenvalue weighted by Gasteiger charge is -2.55. The van der Waals surface area contributed by atoms with Crippen LogP contribution >= 0.6 is 12.2 Å². The second kappa shape index (κ2) is 8.61. The Kier molecular flexibility index (Phi) is 7.02. The van der Waals surface area contributed by atoms with Gasteiger partial charge in [0.05, 0.1) is 22.5 Å². The Labute approximate surface area is 180 Å². The first kappa shape index (κ1) is 23.6. The van der Waals surface area contributed by atoms with Crippen molar-refractivity contribution in [1.82, 2.24) is 5.32 Å². The molecule has 0 aromatic heterocycles. The first-order valence-electron chi connectivity index (χ1n) is 9.84. The van der Waals surface area contributed by atoms with Crippen molar-refractivity contribution >= 4 is 37.7 Å². The van der Waals surface area contributed by atoms with E-state index in [-0.39, 0.29) is 39.8 Å². The number of hydrogen-bond acceptors (Lipinski definition) is 5. The lowest BCUT2D eigenvalue weighted by atomic mass is 9.62. The van der Waals surface area contributed by atoms with Gasteiger partial charge in [0.15, 0.2) is 0 Å². The van der Waals surface area contributed by atoms with Crippen LogP contribution in [0.1, 0.15) is 40.2 Å². The van der Waals surface area contributed by atoms with Gasteiger partial charge in [0.25, 0.3) is 5.69 Å². The topological polar surface area (TPSA) is 81.5 Å². The molecular formula is C21H31N2O4SSi. The minimum absolute atomic E-state index is 0.0176. The molecule has 0 spiro atoms. The van der Waals surface area contributed by atoms with Gasteiger partial charge in [0.1, 0.15) is 0 Å². The summed E-state index contributed by atoms with van der Waals surface area (Å²) in [6.07, 6.45) is 0.330. The minimum atomic E-state index is -1.04. The molecule has 1 aliphatic heterocycles. The van der Waals surface area contributed by atoms with Gasteiger partial charge in [-0.2, -0.15) is 0 Å². The average molecular weight is 436 g/mol. The molecule has 0 aliphatic carbocycles. The number of nitro benzene ring substituents is 1. The number of amides is 1. The summed E-state index contributed by atoms with van der Waals surface area (Å²) in [7, 11) is -1.04. The van der Waals surface area contributed by atoms with Crippen LogP contribution < -0.4 is 5.32 Å². The fourth-order valence-electron chi connectivity index (χ4n) is 3.91. The highest BCUT2D eigenvalue weighted by atomic mass is 32.1. The van der Waals surface area contributed by atoms with Gasteiger partial charge in [-0.1, -0.05) is 58.1 Å². The van der Waals surface area contributed by atoms with E-state index >= 15 is 0 Å². The van der Waals surface area contributed by atoms with Crippen LogP contribution in [0.3, 0.4) is 0 Å². The third kappa shape index (κ3) is 4.75. The van der Waals surface area contributed by atoms with E-state index in [0.717, 1.165) is 0 Å². The molecule has 4 atom stereocenters. The van der Waals surface area contributed by atoms with Crippen LogP contribution in [0, 0.1) is 27.4 Å². The van der Waals surface area contributed by atoms with E-state index in [2.05, 4.69) is 39.2 Å². The van der Waals surface area contributed by atoms with Gasteiger partial charge < -0.3 is 9.74 Å². The standard InChI is InChI=1S/C21H31N2O4SSi/c1-13(16(28)12-14-10-8-9-11-15(14)23(25)26)18-17(19(24)22-18)21(5,20(2,3)4)27-29(6)7/h8-11,13,17-18H,12H2,1-7H3,(H,22,24)/t13-,17+,18+,21+/m0/s1. The van der Waals surface area contributed by atoms with Crippen LogP contribution in [-0.4, -0.2) is 36.4 Å². The van der Waals surface area contributed by atoms with Gasteiger partial charge in [0, 0.05) is 28.8 Å². The fraction of sp³-hybridized carbons (Fsp3) is 0.619. The van der Waals surface area contributed by atoms with E-state index in [1.54, 1.807) is 18.2 Å². The summed E-state index contributed by atoms with van der Waals surface area (Å²) < 4.78 is 6.41. The Morgan fingerprint density at radius 2 is 1.90 bits per heavy atom. The first-order chi connectivity index (χ1) is 13.3. The van der Waals surface area contributed by atoms with Crippen molar-refractivity contribution in [1.29, 1.82) is 0 Å². The van der Waals surface area contributed by atoms with E-state index in [1.165, 1.54) is 6.07 Å². The van der Waals surface area contributed by atoms with Gasteiger partial charge in [-0.15, -0.1) is 0 Å². The summed E-state index contributed by atoms with van der Waals surface area (Å²) in [6, 6.07) is 6.51. The fourth-order valence-corrected chi connectivity index (χ4v) is 5.49. The van der Waals surface area contributed by atoms with Gasteiger partial charge in [-0.05, 0) is 25.4 Å². The van der Waals surface area contributed by atoms with Gasteiger partial charge in [0.2, 0.25) is 14.9 Å². The van der Waals surface area contributed by atoms with Crippen LogP contribution in [0.15, 0.2) is 24.3 Å². The molecule has 0 unspecified atom stereocenters. The predicted octanol–water partition coefficient (Wildman–Crippen LogP) is 4.33. The molecule has 0 bridgehead atoms. The zero-order valence-electron chi connectivity index (χ0n) is 18.2. The molecule has 1 radical (unpaired) electrons. The molecule has 1 fully saturated rings. The number of nitrogens with zero attached hydrogens (tertiary/aromatic N) is 1. The number of thiocarbonyl (C=S) groups is 1. The van der Waals surface area contributed by atoms with Crippen molar-refractivity contribution < 1.29 is 14.1 Å². The molecule has 1 heterocycles. The average Bonchev–Trinajstić information content (AvgIpc) is 2.57. The highest BCUT2D eigenvalue weighted by molar-refractivity contribution is 7.80. The summed E-state index contributed by atoms with van der Waals surface area (Å²) in [6.45, 7) is 14.4. The Bertz CT molecular complexity index is 808. The van der Waals surface area contributed by atoms with Crippen LogP contribution in [0.2, 0.25) is 13.1 Å². The Hall–Kier alpha value is -1.64. The van der Waals surface area contributed by atoms with Crippen molar-refractivity contribution in [3.8, 4) is 0 Å². The maximum atomic E-state index is 12.6. The summed E-state index contributed by atoms with van der Waals surface area (Å²) in [5.74, 6) is -0.445. The molecular weight excluding hydrogens is 404 g/mol. The number of carbonyl (C=O) groups excluding carboxylic acids is 1. The molecule has 2 rings (SSSR count). The number of para-hydroxylation sites is 1. The molecule has 1 aliphatic rings. The quantitative estimate of drug-likeness (QED) is 0.216. The van der Waals surface area contributed by atoms with Crippen LogP contribution in [-0.2, 0) is 15.6 Å². The summed E-state index contributed by atoms with van der Waals surface area (Å²) in [4.78, 5) is 24.3. The summed E-state index contributed by atoms with van der Waals surface area (Å²) >= 11 is 5.67. The van der Waals surface area contributed by atoms with E-state index in [1.807, 2.05) is 13.8 Å². The molecule has 1 aromatic carbocycles. The van der Waals surface area contributed by atoms with Crippen molar-refractivity contribution in [2.24, 2.45) is 17.3 Å². The minimum Gasteiger partial charge on any atom is -0.411 e. The Balaban J connectivity index is 2.26. The molecule has 29 heavy (non-hydrogen) atoms.